The summed E-state index contributed by atoms with van der Waals surface area (Å²) < 4.78 is 19.1. The topological polar surface area (TPSA) is 34.1 Å². The van der Waals surface area contributed by atoms with Crippen LogP contribution in [-0.2, 0) is 6.42 Å². The number of anilines is 1. The van der Waals surface area contributed by atoms with Crippen molar-refractivity contribution < 1.29 is 9.13 Å². The van der Waals surface area contributed by atoms with Crippen molar-refractivity contribution in [2.75, 3.05) is 11.9 Å². The Morgan fingerprint density at radius 1 is 1.25 bits per heavy atom. The standard InChI is InChI=1S/C16H19FN2O/c1-3-20-16-15(9-6-10-18-16)19-12(2)11-13-7-4-5-8-14(13)17/h4-10,12,19H,3,11H2,1-2H3. The summed E-state index contributed by atoms with van der Waals surface area (Å²) in [7, 11) is 0. The lowest BCUT2D eigenvalue weighted by atomic mass is 10.1. The predicted molar refractivity (Wildman–Crippen MR) is 78.6 cm³/mol. The lowest BCUT2D eigenvalue weighted by Crippen LogP contribution is -2.19. The van der Waals surface area contributed by atoms with Gasteiger partial charge in [-0.25, -0.2) is 9.37 Å². The van der Waals surface area contributed by atoms with Crippen molar-refractivity contribution in [2.45, 2.75) is 26.3 Å². The van der Waals surface area contributed by atoms with E-state index in [1.807, 2.05) is 32.0 Å². The second kappa shape index (κ2) is 6.89. The van der Waals surface area contributed by atoms with Gasteiger partial charge in [-0.15, -0.1) is 0 Å². The first-order valence-electron chi connectivity index (χ1n) is 6.78. The van der Waals surface area contributed by atoms with Crippen molar-refractivity contribution in [3.8, 4) is 5.88 Å². The maximum atomic E-state index is 13.6. The van der Waals surface area contributed by atoms with E-state index in [2.05, 4.69) is 10.3 Å². The second-order valence-electron chi connectivity index (χ2n) is 4.63. The largest absolute Gasteiger partial charge is 0.476 e. The summed E-state index contributed by atoms with van der Waals surface area (Å²) in [6, 6.07) is 10.7. The smallest absolute Gasteiger partial charge is 0.237 e. The first-order chi connectivity index (χ1) is 9.70. The van der Waals surface area contributed by atoms with E-state index < -0.39 is 0 Å². The second-order valence-corrected chi connectivity index (χ2v) is 4.63. The molecule has 0 saturated heterocycles. The van der Waals surface area contributed by atoms with E-state index in [0.717, 1.165) is 5.69 Å². The molecule has 1 heterocycles. The zero-order valence-electron chi connectivity index (χ0n) is 11.8. The van der Waals surface area contributed by atoms with Crippen molar-refractivity contribution in [2.24, 2.45) is 0 Å². The molecule has 1 unspecified atom stereocenters. The number of nitrogens with zero attached hydrogens (tertiary/aromatic N) is 1. The molecule has 1 aromatic carbocycles. The SMILES string of the molecule is CCOc1ncccc1NC(C)Cc1ccccc1F. The van der Waals surface area contributed by atoms with Crippen molar-refractivity contribution in [3.05, 3.63) is 54.0 Å². The lowest BCUT2D eigenvalue weighted by molar-refractivity contribution is 0.328. The maximum Gasteiger partial charge on any atom is 0.237 e. The molecule has 0 aliphatic carbocycles. The Morgan fingerprint density at radius 3 is 2.80 bits per heavy atom. The molecule has 1 atom stereocenters. The number of pyridine rings is 1. The summed E-state index contributed by atoms with van der Waals surface area (Å²) >= 11 is 0. The van der Waals surface area contributed by atoms with E-state index in [9.17, 15) is 4.39 Å². The first-order valence-corrected chi connectivity index (χ1v) is 6.78. The molecule has 0 fully saturated rings. The van der Waals surface area contributed by atoms with Crippen LogP contribution >= 0.6 is 0 Å². The number of ether oxygens (including phenoxy) is 1. The van der Waals surface area contributed by atoms with Crippen LogP contribution in [0, 0.1) is 5.82 Å². The van der Waals surface area contributed by atoms with Crippen LogP contribution in [0.15, 0.2) is 42.6 Å². The van der Waals surface area contributed by atoms with E-state index in [1.165, 1.54) is 6.07 Å². The van der Waals surface area contributed by atoms with E-state index in [1.54, 1.807) is 18.3 Å². The quantitative estimate of drug-likeness (QED) is 0.872. The van der Waals surface area contributed by atoms with Gasteiger partial charge in [0, 0.05) is 12.2 Å². The molecule has 3 nitrogen and oxygen atoms in total. The molecule has 1 N–H and O–H groups in total. The third-order valence-corrected chi connectivity index (χ3v) is 2.94. The van der Waals surface area contributed by atoms with Gasteiger partial charge in [0.15, 0.2) is 0 Å². The average molecular weight is 274 g/mol. The highest BCUT2D eigenvalue weighted by Crippen LogP contribution is 2.22. The minimum Gasteiger partial charge on any atom is -0.476 e. The average Bonchev–Trinajstić information content (AvgIpc) is 2.44. The van der Waals surface area contributed by atoms with Gasteiger partial charge in [-0.2, -0.15) is 0 Å². The van der Waals surface area contributed by atoms with Crippen molar-refractivity contribution in [3.63, 3.8) is 0 Å². The zero-order valence-corrected chi connectivity index (χ0v) is 11.8. The zero-order chi connectivity index (χ0) is 14.4. The summed E-state index contributed by atoms with van der Waals surface area (Å²) in [5, 5.41) is 3.32. The summed E-state index contributed by atoms with van der Waals surface area (Å²) in [6.45, 7) is 4.49. The van der Waals surface area contributed by atoms with Gasteiger partial charge in [0.1, 0.15) is 5.82 Å². The molecule has 106 valence electrons. The highest BCUT2D eigenvalue weighted by atomic mass is 19.1. The number of nitrogens with one attached hydrogen (secondary N) is 1. The molecule has 2 rings (SSSR count). The number of hydrogen-bond acceptors (Lipinski definition) is 3. The minimum atomic E-state index is -0.169. The Bertz CT molecular complexity index is 560. The Hall–Kier alpha value is -2.10. The van der Waals surface area contributed by atoms with E-state index in [0.29, 0.717) is 24.5 Å². The molecule has 1 aromatic heterocycles. The van der Waals surface area contributed by atoms with Crippen LogP contribution in [0.1, 0.15) is 19.4 Å². The molecule has 4 heteroatoms. The molecule has 0 amide bonds. The number of halogens is 1. The number of rotatable bonds is 6. The third kappa shape index (κ3) is 3.70. The fraction of sp³-hybridized carbons (Fsp3) is 0.312. The van der Waals surface area contributed by atoms with Gasteiger partial charge in [-0.05, 0) is 44.0 Å². The molecule has 0 aliphatic heterocycles. The molecule has 2 aromatic rings. The Morgan fingerprint density at radius 2 is 2.05 bits per heavy atom. The normalized spacial score (nSPS) is 11.9. The number of aromatic nitrogens is 1. The van der Waals surface area contributed by atoms with Crippen LogP contribution in [0.25, 0.3) is 0 Å². The summed E-state index contributed by atoms with van der Waals surface area (Å²) in [4.78, 5) is 4.19. The van der Waals surface area contributed by atoms with Crippen LogP contribution < -0.4 is 10.1 Å². The van der Waals surface area contributed by atoms with Crippen LogP contribution in [-0.4, -0.2) is 17.6 Å². The van der Waals surface area contributed by atoms with Crippen molar-refractivity contribution in [1.82, 2.24) is 4.98 Å². The van der Waals surface area contributed by atoms with Gasteiger partial charge in [0.2, 0.25) is 5.88 Å². The van der Waals surface area contributed by atoms with Crippen LogP contribution in [0.3, 0.4) is 0 Å². The third-order valence-electron chi connectivity index (χ3n) is 2.94. The van der Waals surface area contributed by atoms with Crippen molar-refractivity contribution >= 4 is 5.69 Å². The minimum absolute atomic E-state index is 0.0790. The first kappa shape index (κ1) is 14.3. The number of hydrogen-bond donors (Lipinski definition) is 1. The molecule has 0 aliphatic rings. The summed E-state index contributed by atoms with van der Waals surface area (Å²) in [6.07, 6.45) is 2.30. The van der Waals surface area contributed by atoms with Crippen molar-refractivity contribution in [1.29, 1.82) is 0 Å². The van der Waals surface area contributed by atoms with Gasteiger partial charge in [0.25, 0.3) is 0 Å². The molecule has 0 radical (unpaired) electrons. The fourth-order valence-electron chi connectivity index (χ4n) is 2.06. The van der Waals surface area contributed by atoms with Gasteiger partial charge < -0.3 is 10.1 Å². The molecule has 0 spiro atoms. The van der Waals surface area contributed by atoms with E-state index in [-0.39, 0.29) is 11.9 Å². The van der Waals surface area contributed by atoms with Crippen LogP contribution in [0.5, 0.6) is 5.88 Å². The highest BCUT2D eigenvalue weighted by molar-refractivity contribution is 5.52. The highest BCUT2D eigenvalue weighted by Gasteiger charge is 2.10. The Kier molecular flexibility index (Phi) is 4.93. The van der Waals surface area contributed by atoms with Gasteiger partial charge in [-0.1, -0.05) is 18.2 Å². The Labute approximate surface area is 118 Å². The lowest BCUT2D eigenvalue weighted by Gasteiger charge is -2.17. The van der Waals surface area contributed by atoms with Gasteiger partial charge in [-0.3, -0.25) is 0 Å². The summed E-state index contributed by atoms with van der Waals surface area (Å²) in [5.74, 6) is 0.410. The van der Waals surface area contributed by atoms with Crippen LogP contribution in [0.2, 0.25) is 0 Å². The van der Waals surface area contributed by atoms with Gasteiger partial charge in [0.05, 0.1) is 12.3 Å². The monoisotopic (exact) mass is 274 g/mol. The molecule has 0 saturated carbocycles. The number of benzene rings is 1. The molecular weight excluding hydrogens is 255 g/mol. The molecule has 0 bridgehead atoms. The fourth-order valence-corrected chi connectivity index (χ4v) is 2.06. The Balaban J connectivity index is 2.05. The predicted octanol–water partition coefficient (Wildman–Crippen LogP) is 3.66. The molecular formula is C16H19FN2O. The molecule has 20 heavy (non-hydrogen) atoms. The van der Waals surface area contributed by atoms with Crippen LogP contribution in [0.4, 0.5) is 10.1 Å². The van der Waals surface area contributed by atoms with Gasteiger partial charge >= 0.3 is 0 Å². The van der Waals surface area contributed by atoms with E-state index in [4.69, 9.17) is 4.74 Å². The summed E-state index contributed by atoms with van der Waals surface area (Å²) in [5.41, 5.74) is 1.53. The van der Waals surface area contributed by atoms with E-state index >= 15 is 0 Å². The maximum absolute atomic E-state index is 13.6.